The molecule has 3 nitrogen and oxygen atoms in total. The Bertz CT molecular complexity index is 383. The summed E-state index contributed by atoms with van der Waals surface area (Å²) in [4.78, 5) is 23.1. The molecule has 0 spiro atoms. The number of epoxide rings is 1. The summed E-state index contributed by atoms with van der Waals surface area (Å²) in [5, 5.41) is 0. The zero-order chi connectivity index (χ0) is 9.00. The van der Waals surface area contributed by atoms with Crippen molar-refractivity contribution in [3.8, 4) is 0 Å². The standard InChI is InChI=1S/C10H6O3/c11-7-5-3-1-2-4-6(5)8(12)10-9(7)13-10/h1-4,9-10H/t9-,10-/m0/s1. The average Bonchev–Trinajstić information content (AvgIpc) is 2.94. The van der Waals surface area contributed by atoms with E-state index in [1.165, 1.54) is 0 Å². The molecule has 0 aromatic heterocycles. The molecule has 1 aliphatic heterocycles. The van der Waals surface area contributed by atoms with Crippen molar-refractivity contribution in [3.05, 3.63) is 35.4 Å². The lowest BCUT2D eigenvalue weighted by Crippen LogP contribution is -2.25. The van der Waals surface area contributed by atoms with E-state index in [1.54, 1.807) is 24.3 Å². The number of carbonyl (C=O) groups excluding carboxylic acids is 2. The van der Waals surface area contributed by atoms with Crippen molar-refractivity contribution in [3.63, 3.8) is 0 Å². The Morgan fingerprint density at radius 3 is 1.85 bits per heavy atom. The van der Waals surface area contributed by atoms with Crippen LogP contribution in [0.15, 0.2) is 24.3 Å². The number of Topliss-reactive ketones (excluding diaryl/α,β-unsaturated/α-hetero) is 2. The van der Waals surface area contributed by atoms with Crippen LogP contribution in [0.2, 0.25) is 0 Å². The van der Waals surface area contributed by atoms with Gasteiger partial charge in [-0.1, -0.05) is 24.3 Å². The van der Waals surface area contributed by atoms with Gasteiger partial charge >= 0.3 is 0 Å². The summed E-state index contributed by atoms with van der Waals surface area (Å²) in [5.41, 5.74) is 1.01. The second-order valence-corrected chi connectivity index (χ2v) is 3.25. The minimum Gasteiger partial charge on any atom is -0.352 e. The number of hydrogen-bond donors (Lipinski definition) is 0. The monoisotopic (exact) mass is 174 g/mol. The van der Waals surface area contributed by atoms with Crippen LogP contribution in [0.4, 0.5) is 0 Å². The van der Waals surface area contributed by atoms with E-state index < -0.39 is 12.2 Å². The van der Waals surface area contributed by atoms with Crippen molar-refractivity contribution in [1.82, 2.24) is 0 Å². The Morgan fingerprint density at radius 2 is 1.38 bits per heavy atom. The van der Waals surface area contributed by atoms with E-state index in [4.69, 9.17) is 4.74 Å². The van der Waals surface area contributed by atoms with Crippen molar-refractivity contribution in [1.29, 1.82) is 0 Å². The Hall–Kier alpha value is -1.48. The molecule has 0 radical (unpaired) electrons. The van der Waals surface area contributed by atoms with E-state index in [-0.39, 0.29) is 11.6 Å². The lowest BCUT2D eigenvalue weighted by molar-refractivity contribution is 0.0922. The fourth-order valence-corrected chi connectivity index (χ4v) is 1.73. The molecule has 3 rings (SSSR count). The molecule has 1 aromatic carbocycles. The maximum absolute atomic E-state index is 11.5. The molecule has 0 bridgehead atoms. The van der Waals surface area contributed by atoms with Gasteiger partial charge in [0.25, 0.3) is 0 Å². The molecule has 13 heavy (non-hydrogen) atoms. The number of carbonyl (C=O) groups is 2. The number of benzene rings is 1. The molecule has 1 heterocycles. The molecule has 2 aliphatic rings. The maximum atomic E-state index is 11.5. The minimum atomic E-state index is -0.484. The van der Waals surface area contributed by atoms with Gasteiger partial charge in [0.15, 0.2) is 23.8 Å². The summed E-state index contributed by atoms with van der Waals surface area (Å²) in [7, 11) is 0. The zero-order valence-electron chi connectivity index (χ0n) is 6.69. The van der Waals surface area contributed by atoms with E-state index in [1.807, 2.05) is 0 Å². The zero-order valence-corrected chi connectivity index (χ0v) is 6.69. The molecule has 1 saturated heterocycles. The molecule has 1 aliphatic carbocycles. The fourth-order valence-electron chi connectivity index (χ4n) is 1.73. The third-order valence-electron chi connectivity index (χ3n) is 2.47. The average molecular weight is 174 g/mol. The summed E-state index contributed by atoms with van der Waals surface area (Å²) in [6, 6.07) is 6.86. The summed E-state index contributed by atoms with van der Waals surface area (Å²) in [6.07, 6.45) is -0.968. The highest BCUT2D eigenvalue weighted by molar-refractivity contribution is 6.20. The summed E-state index contributed by atoms with van der Waals surface area (Å²) in [5.74, 6) is -0.111. The van der Waals surface area contributed by atoms with E-state index in [9.17, 15) is 9.59 Å². The number of rotatable bonds is 0. The lowest BCUT2D eigenvalue weighted by atomic mass is 9.90. The smallest absolute Gasteiger partial charge is 0.195 e. The number of fused-ring (bicyclic) bond motifs is 2. The van der Waals surface area contributed by atoms with E-state index in [0.717, 1.165) is 0 Å². The molecular formula is C10H6O3. The first-order chi connectivity index (χ1) is 6.29. The molecule has 2 atom stereocenters. The third kappa shape index (κ3) is 0.769. The van der Waals surface area contributed by atoms with E-state index >= 15 is 0 Å². The SMILES string of the molecule is O=C1c2ccccc2C(=O)[C@@H]2O[C@@H]12. The third-order valence-corrected chi connectivity index (χ3v) is 2.47. The Kier molecular flexibility index (Phi) is 1.10. The van der Waals surface area contributed by atoms with Crippen molar-refractivity contribution in [2.45, 2.75) is 12.2 Å². The van der Waals surface area contributed by atoms with Gasteiger partial charge in [-0.15, -0.1) is 0 Å². The van der Waals surface area contributed by atoms with Gasteiger partial charge < -0.3 is 4.74 Å². The van der Waals surface area contributed by atoms with Crippen LogP contribution in [0.5, 0.6) is 0 Å². The molecule has 1 fully saturated rings. The number of hydrogen-bond acceptors (Lipinski definition) is 3. The first-order valence-corrected chi connectivity index (χ1v) is 4.12. The predicted molar refractivity (Wildman–Crippen MR) is 43.8 cm³/mol. The largest absolute Gasteiger partial charge is 0.352 e. The molecule has 0 unspecified atom stereocenters. The highest BCUT2D eigenvalue weighted by Gasteiger charge is 2.54. The van der Waals surface area contributed by atoms with Gasteiger partial charge in [0.2, 0.25) is 0 Å². The van der Waals surface area contributed by atoms with Crippen LogP contribution in [0.25, 0.3) is 0 Å². The van der Waals surface area contributed by atoms with Crippen LogP contribution in [0, 0.1) is 0 Å². The highest BCUT2D eigenvalue weighted by Crippen LogP contribution is 2.35. The molecule has 0 N–H and O–H groups in total. The Morgan fingerprint density at radius 1 is 0.923 bits per heavy atom. The minimum absolute atomic E-state index is 0.0554. The number of ketones is 2. The van der Waals surface area contributed by atoms with Crippen molar-refractivity contribution in [2.24, 2.45) is 0 Å². The van der Waals surface area contributed by atoms with Crippen LogP contribution in [0.1, 0.15) is 20.7 Å². The molecule has 3 heteroatoms. The summed E-state index contributed by atoms with van der Waals surface area (Å²) in [6.45, 7) is 0. The summed E-state index contributed by atoms with van der Waals surface area (Å²) >= 11 is 0. The fraction of sp³-hybridized carbons (Fsp3) is 0.200. The second-order valence-electron chi connectivity index (χ2n) is 3.25. The maximum Gasteiger partial charge on any atom is 0.195 e. The van der Waals surface area contributed by atoms with Gasteiger partial charge in [0, 0.05) is 11.1 Å². The van der Waals surface area contributed by atoms with Gasteiger partial charge in [-0.25, -0.2) is 0 Å². The molecule has 64 valence electrons. The molecule has 0 amide bonds. The van der Waals surface area contributed by atoms with Gasteiger partial charge in [-0.05, 0) is 0 Å². The lowest BCUT2D eigenvalue weighted by Gasteiger charge is -2.08. The second kappa shape index (κ2) is 2.06. The highest BCUT2D eigenvalue weighted by atomic mass is 16.6. The Balaban J connectivity index is 2.26. The van der Waals surface area contributed by atoms with Crippen LogP contribution in [0.3, 0.4) is 0 Å². The van der Waals surface area contributed by atoms with E-state index in [2.05, 4.69) is 0 Å². The van der Waals surface area contributed by atoms with Crippen LogP contribution >= 0.6 is 0 Å². The van der Waals surface area contributed by atoms with Gasteiger partial charge in [-0.3, -0.25) is 9.59 Å². The topological polar surface area (TPSA) is 46.7 Å². The van der Waals surface area contributed by atoms with Crippen LogP contribution < -0.4 is 0 Å². The molecule has 1 aromatic rings. The molecular weight excluding hydrogens is 168 g/mol. The predicted octanol–water partition coefficient (Wildman–Crippen LogP) is 0.833. The van der Waals surface area contributed by atoms with Crippen molar-refractivity contribution in [2.75, 3.05) is 0 Å². The van der Waals surface area contributed by atoms with Crippen LogP contribution in [-0.4, -0.2) is 23.8 Å². The van der Waals surface area contributed by atoms with Crippen molar-refractivity contribution < 1.29 is 14.3 Å². The summed E-state index contributed by atoms with van der Waals surface area (Å²) < 4.78 is 4.99. The number of ether oxygens (including phenoxy) is 1. The Labute approximate surface area is 74.3 Å². The molecule has 0 saturated carbocycles. The van der Waals surface area contributed by atoms with Crippen LogP contribution in [-0.2, 0) is 4.74 Å². The van der Waals surface area contributed by atoms with Gasteiger partial charge in [-0.2, -0.15) is 0 Å². The van der Waals surface area contributed by atoms with Gasteiger partial charge in [0.05, 0.1) is 0 Å². The first-order valence-electron chi connectivity index (χ1n) is 4.12. The van der Waals surface area contributed by atoms with Gasteiger partial charge in [0.1, 0.15) is 0 Å². The van der Waals surface area contributed by atoms with Crippen molar-refractivity contribution >= 4 is 11.6 Å². The van der Waals surface area contributed by atoms with E-state index in [0.29, 0.717) is 11.1 Å². The normalized spacial score (nSPS) is 29.5. The quantitative estimate of drug-likeness (QED) is 0.547. The first kappa shape index (κ1) is 6.97.